The number of anilines is 2. The predicted octanol–water partition coefficient (Wildman–Crippen LogP) is 2.50. The van der Waals surface area contributed by atoms with Gasteiger partial charge in [0.2, 0.25) is 5.91 Å². The molecule has 0 saturated heterocycles. The quantitative estimate of drug-likeness (QED) is 0.636. The van der Waals surface area contributed by atoms with E-state index in [2.05, 4.69) is 9.97 Å². The highest BCUT2D eigenvalue weighted by Crippen LogP contribution is 2.25. The molecule has 8 heteroatoms. The van der Waals surface area contributed by atoms with Crippen LogP contribution in [0.25, 0.3) is 0 Å². The first-order valence-electron chi connectivity index (χ1n) is 8.47. The molecule has 0 fully saturated rings. The number of hydrogen-bond acceptors (Lipinski definition) is 6. The van der Waals surface area contributed by atoms with Gasteiger partial charge in [0.25, 0.3) is 0 Å². The van der Waals surface area contributed by atoms with Crippen LogP contribution >= 0.6 is 0 Å². The van der Waals surface area contributed by atoms with E-state index in [4.69, 9.17) is 16.2 Å². The van der Waals surface area contributed by atoms with E-state index >= 15 is 0 Å². The number of ether oxygens (including phenoxy) is 1. The van der Waals surface area contributed by atoms with Crippen LogP contribution in [-0.2, 0) is 17.9 Å². The van der Waals surface area contributed by atoms with Crippen LogP contribution in [0.1, 0.15) is 21.6 Å². The van der Waals surface area contributed by atoms with Crippen molar-refractivity contribution in [2.75, 3.05) is 10.6 Å². The lowest BCUT2D eigenvalue weighted by Gasteiger charge is -2.23. The zero-order chi connectivity index (χ0) is 19.9. The van der Waals surface area contributed by atoms with E-state index < -0.39 is 12.0 Å². The summed E-state index contributed by atoms with van der Waals surface area (Å²) in [5.41, 5.74) is 14.0. The average molecular weight is 377 g/mol. The van der Waals surface area contributed by atoms with Crippen LogP contribution in [0.3, 0.4) is 0 Å². The molecule has 0 saturated carbocycles. The molecule has 3 aromatic rings. The number of primary amides is 1. The number of nitrogens with two attached hydrogens (primary N) is 2. The highest BCUT2D eigenvalue weighted by molar-refractivity contribution is 5.93. The summed E-state index contributed by atoms with van der Waals surface area (Å²) in [7, 11) is 0. The van der Waals surface area contributed by atoms with Crippen molar-refractivity contribution in [3.63, 3.8) is 0 Å². The van der Waals surface area contributed by atoms with Crippen LogP contribution in [0, 0.1) is 0 Å². The molecule has 1 heterocycles. The maximum atomic E-state index is 12.8. The minimum Gasteiger partial charge on any atom is -0.443 e. The molecule has 142 valence electrons. The van der Waals surface area contributed by atoms with Crippen molar-refractivity contribution in [1.82, 2.24) is 9.97 Å². The molecule has 0 atom stereocenters. The van der Waals surface area contributed by atoms with Gasteiger partial charge in [-0.2, -0.15) is 0 Å². The first-order valence-corrected chi connectivity index (χ1v) is 8.47. The number of rotatable bonds is 6. The Bertz CT molecular complexity index is 961. The SMILES string of the molecule is NC(=O)c1ccc(CN(C(=O)OCc2cnccn2)c2ccccc2N)cc1. The summed E-state index contributed by atoms with van der Waals surface area (Å²) in [6.07, 6.45) is 4.01. The zero-order valence-electron chi connectivity index (χ0n) is 15.0. The van der Waals surface area contributed by atoms with Gasteiger partial charge < -0.3 is 16.2 Å². The van der Waals surface area contributed by atoms with Crippen LogP contribution in [0.2, 0.25) is 0 Å². The van der Waals surface area contributed by atoms with Gasteiger partial charge in [-0.3, -0.25) is 19.7 Å². The van der Waals surface area contributed by atoms with Gasteiger partial charge in [0.15, 0.2) is 0 Å². The van der Waals surface area contributed by atoms with Gasteiger partial charge in [0, 0.05) is 18.0 Å². The van der Waals surface area contributed by atoms with Gasteiger partial charge in [0.1, 0.15) is 6.61 Å². The molecule has 0 unspecified atom stereocenters. The molecule has 2 aromatic carbocycles. The Labute approximate surface area is 161 Å². The van der Waals surface area contributed by atoms with Crippen molar-refractivity contribution in [3.05, 3.63) is 83.9 Å². The van der Waals surface area contributed by atoms with Crippen LogP contribution in [-0.4, -0.2) is 22.0 Å². The maximum absolute atomic E-state index is 12.8. The summed E-state index contributed by atoms with van der Waals surface area (Å²) in [6.45, 7) is 0.184. The van der Waals surface area contributed by atoms with Gasteiger partial charge >= 0.3 is 6.09 Å². The van der Waals surface area contributed by atoms with Crippen molar-refractivity contribution < 1.29 is 14.3 Å². The number of hydrogen-bond donors (Lipinski definition) is 2. The molecule has 0 radical (unpaired) electrons. The highest BCUT2D eigenvalue weighted by atomic mass is 16.6. The Morgan fingerprint density at radius 3 is 2.43 bits per heavy atom. The predicted molar refractivity (Wildman–Crippen MR) is 104 cm³/mol. The Kier molecular flexibility index (Phi) is 5.81. The first-order chi connectivity index (χ1) is 13.5. The lowest BCUT2D eigenvalue weighted by Crippen LogP contribution is -2.31. The molecule has 1 aromatic heterocycles. The third kappa shape index (κ3) is 4.61. The second kappa shape index (κ2) is 8.63. The molecule has 0 aliphatic carbocycles. The molecular formula is C20H19N5O3. The van der Waals surface area contributed by atoms with E-state index in [1.807, 2.05) is 0 Å². The summed E-state index contributed by atoms with van der Waals surface area (Å²) in [6, 6.07) is 13.7. The molecule has 0 spiro atoms. The van der Waals surface area contributed by atoms with Gasteiger partial charge in [0.05, 0.1) is 29.8 Å². The largest absolute Gasteiger partial charge is 0.443 e. The number of carbonyl (C=O) groups excluding carboxylic acids is 2. The summed E-state index contributed by atoms with van der Waals surface area (Å²) in [4.78, 5) is 33.5. The molecule has 3 rings (SSSR count). The highest BCUT2D eigenvalue weighted by Gasteiger charge is 2.20. The number of benzene rings is 2. The lowest BCUT2D eigenvalue weighted by atomic mass is 10.1. The van der Waals surface area contributed by atoms with Crippen LogP contribution < -0.4 is 16.4 Å². The van der Waals surface area contributed by atoms with Gasteiger partial charge in [-0.15, -0.1) is 0 Å². The minimum absolute atomic E-state index is 0.0173. The van der Waals surface area contributed by atoms with E-state index in [1.54, 1.807) is 48.5 Å². The second-order valence-corrected chi connectivity index (χ2v) is 5.96. The Balaban J connectivity index is 1.81. The van der Waals surface area contributed by atoms with Gasteiger partial charge in [-0.25, -0.2) is 4.79 Å². The van der Waals surface area contributed by atoms with Gasteiger partial charge in [-0.1, -0.05) is 24.3 Å². The molecular weight excluding hydrogens is 358 g/mol. The first kappa shape index (κ1) is 18.8. The monoisotopic (exact) mass is 377 g/mol. The van der Waals surface area contributed by atoms with Crippen molar-refractivity contribution >= 4 is 23.4 Å². The number of nitrogen functional groups attached to an aromatic ring is 1. The van der Waals surface area contributed by atoms with Gasteiger partial charge in [-0.05, 0) is 29.8 Å². The minimum atomic E-state index is -0.581. The Morgan fingerprint density at radius 1 is 1.04 bits per heavy atom. The summed E-state index contributed by atoms with van der Waals surface area (Å²) in [5, 5.41) is 0. The molecule has 28 heavy (non-hydrogen) atoms. The standard InChI is InChI=1S/C20H19N5O3/c21-17-3-1-2-4-18(17)25(12-14-5-7-15(8-6-14)19(22)26)20(27)28-13-16-11-23-9-10-24-16/h1-11H,12-13,21H2,(H2,22,26). The van der Waals surface area contributed by atoms with Crippen molar-refractivity contribution in [1.29, 1.82) is 0 Å². The molecule has 4 N–H and O–H groups in total. The van der Waals surface area contributed by atoms with E-state index in [0.29, 0.717) is 22.6 Å². The maximum Gasteiger partial charge on any atom is 0.415 e. The zero-order valence-corrected chi connectivity index (χ0v) is 15.0. The Hall–Kier alpha value is -3.94. The van der Waals surface area contributed by atoms with Crippen molar-refractivity contribution in [3.8, 4) is 0 Å². The number of nitrogens with zero attached hydrogens (tertiary/aromatic N) is 3. The Morgan fingerprint density at radius 2 is 1.79 bits per heavy atom. The van der Waals surface area contributed by atoms with Crippen LogP contribution in [0.5, 0.6) is 0 Å². The van der Waals surface area contributed by atoms with Crippen LogP contribution in [0.4, 0.5) is 16.2 Å². The number of aromatic nitrogens is 2. The number of para-hydroxylation sites is 2. The molecule has 2 amide bonds. The van der Waals surface area contributed by atoms with E-state index in [1.165, 1.54) is 23.5 Å². The fourth-order valence-electron chi connectivity index (χ4n) is 2.56. The third-order valence-electron chi connectivity index (χ3n) is 3.99. The number of carbonyl (C=O) groups is 2. The van der Waals surface area contributed by atoms with Crippen molar-refractivity contribution in [2.24, 2.45) is 5.73 Å². The summed E-state index contributed by atoms with van der Waals surface area (Å²) in [5.74, 6) is -0.515. The molecule has 8 nitrogen and oxygen atoms in total. The lowest BCUT2D eigenvalue weighted by molar-refractivity contribution is 0.1000. The summed E-state index contributed by atoms with van der Waals surface area (Å²) < 4.78 is 5.39. The molecule has 0 aliphatic rings. The molecule has 0 bridgehead atoms. The van der Waals surface area contributed by atoms with E-state index in [0.717, 1.165) is 5.56 Å². The van der Waals surface area contributed by atoms with E-state index in [-0.39, 0.29) is 13.2 Å². The summed E-state index contributed by atoms with van der Waals surface area (Å²) >= 11 is 0. The topological polar surface area (TPSA) is 124 Å². The second-order valence-electron chi connectivity index (χ2n) is 5.96. The third-order valence-corrected chi connectivity index (χ3v) is 3.99. The number of amides is 2. The van der Waals surface area contributed by atoms with E-state index in [9.17, 15) is 9.59 Å². The van der Waals surface area contributed by atoms with Crippen molar-refractivity contribution in [2.45, 2.75) is 13.2 Å². The average Bonchev–Trinajstić information content (AvgIpc) is 2.72. The fraction of sp³-hybridized carbons (Fsp3) is 0.100. The van der Waals surface area contributed by atoms with Crippen LogP contribution in [0.15, 0.2) is 67.1 Å². The molecule has 0 aliphatic heterocycles. The smallest absolute Gasteiger partial charge is 0.415 e. The normalized spacial score (nSPS) is 10.3. The fourth-order valence-corrected chi connectivity index (χ4v) is 2.56.